The first-order valence-electron chi connectivity index (χ1n) is 7.69. The van der Waals surface area contributed by atoms with E-state index in [1.807, 2.05) is 24.3 Å². The number of likely N-dealkylation sites (tertiary alicyclic amines) is 1. The lowest BCUT2D eigenvalue weighted by Crippen LogP contribution is -2.30. The standard InChI is InChI=1S/C17H17N3O3S/c1-23-7-6-20-10-11(8-15(20)21)16(22)12(9-18)17-19-13-4-2-3-5-14(13)24-17/h2-5,11-12H,6-8,10H2,1H3/t11-,12+/m0/s1. The lowest BCUT2D eigenvalue weighted by Gasteiger charge is -2.16. The van der Waals surface area contributed by atoms with Crippen molar-refractivity contribution in [2.75, 3.05) is 26.8 Å². The molecule has 1 fully saturated rings. The quantitative estimate of drug-likeness (QED) is 0.801. The molecule has 0 bridgehead atoms. The van der Waals surface area contributed by atoms with E-state index in [0.717, 1.165) is 10.2 Å². The molecule has 1 aliphatic rings. The van der Waals surface area contributed by atoms with Gasteiger partial charge in [-0.3, -0.25) is 9.59 Å². The van der Waals surface area contributed by atoms with Crippen LogP contribution in [0.2, 0.25) is 0 Å². The van der Waals surface area contributed by atoms with Gasteiger partial charge in [-0.15, -0.1) is 11.3 Å². The molecule has 24 heavy (non-hydrogen) atoms. The van der Waals surface area contributed by atoms with Crippen molar-refractivity contribution < 1.29 is 14.3 Å². The number of ether oxygens (including phenoxy) is 1. The van der Waals surface area contributed by atoms with Crippen LogP contribution in [0.3, 0.4) is 0 Å². The molecule has 2 atom stereocenters. The summed E-state index contributed by atoms with van der Waals surface area (Å²) in [6.45, 7) is 1.26. The Bertz CT molecular complexity index is 778. The molecule has 6 nitrogen and oxygen atoms in total. The molecule has 7 heteroatoms. The van der Waals surface area contributed by atoms with Crippen LogP contribution in [0.4, 0.5) is 0 Å². The predicted molar refractivity (Wildman–Crippen MR) is 89.5 cm³/mol. The highest BCUT2D eigenvalue weighted by Gasteiger charge is 2.38. The van der Waals surface area contributed by atoms with Crippen molar-refractivity contribution in [3.05, 3.63) is 29.3 Å². The molecule has 0 radical (unpaired) electrons. The Balaban J connectivity index is 1.77. The van der Waals surface area contributed by atoms with Crippen LogP contribution in [0.25, 0.3) is 10.2 Å². The summed E-state index contributed by atoms with van der Waals surface area (Å²) in [5.74, 6) is -1.65. The summed E-state index contributed by atoms with van der Waals surface area (Å²) in [4.78, 5) is 30.8. The highest BCUT2D eigenvalue weighted by molar-refractivity contribution is 7.18. The van der Waals surface area contributed by atoms with Crippen molar-refractivity contribution >= 4 is 33.2 Å². The van der Waals surface area contributed by atoms with Crippen LogP contribution in [0, 0.1) is 17.2 Å². The number of hydrogen-bond donors (Lipinski definition) is 0. The van der Waals surface area contributed by atoms with E-state index >= 15 is 0 Å². The monoisotopic (exact) mass is 343 g/mol. The molecule has 0 aliphatic carbocycles. The molecule has 0 saturated carbocycles. The topological polar surface area (TPSA) is 83.3 Å². The smallest absolute Gasteiger partial charge is 0.223 e. The van der Waals surface area contributed by atoms with Gasteiger partial charge in [-0.05, 0) is 12.1 Å². The van der Waals surface area contributed by atoms with Gasteiger partial charge in [-0.2, -0.15) is 5.26 Å². The van der Waals surface area contributed by atoms with E-state index in [1.165, 1.54) is 11.3 Å². The maximum atomic E-state index is 12.8. The zero-order valence-electron chi connectivity index (χ0n) is 13.3. The Hall–Kier alpha value is -2.30. The van der Waals surface area contributed by atoms with Crippen LogP contribution in [-0.4, -0.2) is 48.4 Å². The maximum absolute atomic E-state index is 12.8. The van der Waals surface area contributed by atoms with Crippen LogP contribution in [0.5, 0.6) is 0 Å². The molecule has 1 aromatic carbocycles. The van der Waals surface area contributed by atoms with Crippen LogP contribution >= 0.6 is 11.3 Å². The summed E-state index contributed by atoms with van der Waals surface area (Å²) in [5.41, 5.74) is 0.787. The second kappa shape index (κ2) is 7.07. The first-order valence-corrected chi connectivity index (χ1v) is 8.51. The molecule has 0 spiro atoms. The van der Waals surface area contributed by atoms with E-state index in [1.54, 1.807) is 12.0 Å². The van der Waals surface area contributed by atoms with Crippen molar-refractivity contribution in [3.8, 4) is 6.07 Å². The maximum Gasteiger partial charge on any atom is 0.223 e. The zero-order chi connectivity index (χ0) is 17.1. The van der Waals surface area contributed by atoms with Gasteiger partial charge in [0.15, 0.2) is 11.7 Å². The zero-order valence-corrected chi connectivity index (χ0v) is 14.1. The minimum absolute atomic E-state index is 0.0635. The van der Waals surface area contributed by atoms with Gasteiger partial charge in [0, 0.05) is 32.5 Å². The van der Waals surface area contributed by atoms with E-state index in [0.29, 0.717) is 24.7 Å². The fourth-order valence-corrected chi connectivity index (χ4v) is 3.89. The van der Waals surface area contributed by atoms with Crippen molar-refractivity contribution in [1.82, 2.24) is 9.88 Å². The van der Waals surface area contributed by atoms with Gasteiger partial charge in [0.05, 0.1) is 22.9 Å². The predicted octanol–water partition coefficient (Wildman–Crippen LogP) is 1.97. The van der Waals surface area contributed by atoms with Gasteiger partial charge >= 0.3 is 0 Å². The van der Waals surface area contributed by atoms with Crippen LogP contribution in [0.1, 0.15) is 17.3 Å². The number of Topliss-reactive ketones (excluding diaryl/α,β-unsaturated/α-hetero) is 1. The Morgan fingerprint density at radius 1 is 1.54 bits per heavy atom. The number of fused-ring (bicyclic) bond motifs is 1. The van der Waals surface area contributed by atoms with Gasteiger partial charge in [-0.1, -0.05) is 12.1 Å². The summed E-state index contributed by atoms with van der Waals surface area (Å²) in [5, 5.41) is 9.99. The third-order valence-electron chi connectivity index (χ3n) is 4.15. The Morgan fingerprint density at radius 2 is 2.33 bits per heavy atom. The Morgan fingerprint density at radius 3 is 3.04 bits per heavy atom. The molecular weight excluding hydrogens is 326 g/mol. The Labute approximate surface area is 143 Å². The van der Waals surface area contributed by atoms with E-state index in [-0.39, 0.29) is 18.1 Å². The molecule has 0 unspecified atom stereocenters. The van der Waals surface area contributed by atoms with Gasteiger partial charge in [0.1, 0.15) is 5.01 Å². The molecular formula is C17H17N3O3S. The van der Waals surface area contributed by atoms with Crippen molar-refractivity contribution in [2.24, 2.45) is 5.92 Å². The van der Waals surface area contributed by atoms with Crippen LogP contribution < -0.4 is 0 Å². The number of nitrogens with zero attached hydrogens (tertiary/aromatic N) is 3. The number of hydrogen-bond acceptors (Lipinski definition) is 6. The van der Waals surface area contributed by atoms with Gasteiger partial charge < -0.3 is 9.64 Å². The third kappa shape index (κ3) is 3.16. The number of ketones is 1. The highest BCUT2D eigenvalue weighted by atomic mass is 32.1. The summed E-state index contributed by atoms with van der Waals surface area (Å²) in [7, 11) is 1.57. The first kappa shape index (κ1) is 16.6. The largest absolute Gasteiger partial charge is 0.383 e. The minimum atomic E-state index is -0.914. The summed E-state index contributed by atoms with van der Waals surface area (Å²) in [6.07, 6.45) is 0.158. The molecule has 3 rings (SSSR count). The summed E-state index contributed by atoms with van der Waals surface area (Å²) >= 11 is 1.36. The van der Waals surface area contributed by atoms with E-state index in [4.69, 9.17) is 4.74 Å². The fraction of sp³-hybridized carbons (Fsp3) is 0.412. The number of benzene rings is 1. The highest BCUT2D eigenvalue weighted by Crippen LogP contribution is 2.31. The number of thiazole rings is 1. The van der Waals surface area contributed by atoms with Crippen molar-refractivity contribution in [3.63, 3.8) is 0 Å². The van der Waals surface area contributed by atoms with Crippen LogP contribution in [0.15, 0.2) is 24.3 Å². The fourth-order valence-electron chi connectivity index (χ4n) is 2.87. The summed E-state index contributed by atoms with van der Waals surface area (Å²) < 4.78 is 5.93. The second-order valence-electron chi connectivity index (χ2n) is 5.72. The molecule has 124 valence electrons. The first-order chi connectivity index (χ1) is 11.6. The Kier molecular flexibility index (Phi) is 4.88. The lowest BCUT2D eigenvalue weighted by molar-refractivity contribution is -0.129. The number of rotatable bonds is 6. The summed E-state index contributed by atoms with van der Waals surface area (Å²) in [6, 6.07) is 9.62. The van der Waals surface area contributed by atoms with Crippen molar-refractivity contribution in [1.29, 1.82) is 5.26 Å². The van der Waals surface area contributed by atoms with E-state index < -0.39 is 11.8 Å². The third-order valence-corrected chi connectivity index (χ3v) is 5.25. The lowest BCUT2D eigenvalue weighted by atomic mass is 9.93. The second-order valence-corrected chi connectivity index (χ2v) is 6.78. The van der Waals surface area contributed by atoms with E-state index in [9.17, 15) is 14.9 Å². The number of amides is 1. The molecule has 2 heterocycles. The van der Waals surface area contributed by atoms with Gasteiger partial charge in [0.2, 0.25) is 5.91 Å². The number of aromatic nitrogens is 1. The molecule has 0 N–H and O–H groups in total. The molecule has 2 aromatic rings. The van der Waals surface area contributed by atoms with Crippen LogP contribution in [-0.2, 0) is 14.3 Å². The van der Waals surface area contributed by atoms with E-state index in [2.05, 4.69) is 11.1 Å². The molecule has 1 saturated heterocycles. The molecule has 1 aliphatic heterocycles. The number of methoxy groups -OCH3 is 1. The average Bonchev–Trinajstić information content (AvgIpc) is 3.17. The average molecular weight is 343 g/mol. The number of nitriles is 1. The molecule has 1 aromatic heterocycles. The SMILES string of the molecule is COCCN1C[C@@H](C(=O)[C@@H](C#N)c2nc3ccccc3s2)CC1=O. The number of carbonyl (C=O) groups is 2. The minimum Gasteiger partial charge on any atom is -0.383 e. The van der Waals surface area contributed by atoms with Gasteiger partial charge in [0.25, 0.3) is 0 Å². The molecule has 1 amide bonds. The normalized spacial score (nSPS) is 18.8. The number of carbonyl (C=O) groups excluding carboxylic acids is 2. The van der Waals surface area contributed by atoms with Gasteiger partial charge in [-0.25, -0.2) is 4.98 Å². The number of para-hydroxylation sites is 1. The van der Waals surface area contributed by atoms with Crippen molar-refractivity contribution in [2.45, 2.75) is 12.3 Å².